The van der Waals surface area contributed by atoms with Crippen LogP contribution >= 0.6 is 0 Å². The summed E-state index contributed by atoms with van der Waals surface area (Å²) in [6.07, 6.45) is 0. The van der Waals surface area contributed by atoms with Crippen molar-refractivity contribution in [2.45, 2.75) is 0 Å². The largest absolute Gasteiger partial charge is 0 e. The van der Waals surface area contributed by atoms with E-state index in [9.17, 15) is 0 Å². The van der Waals surface area contributed by atoms with Crippen molar-refractivity contribution in [1.29, 1.82) is 0 Å². The van der Waals surface area contributed by atoms with E-state index >= 15 is 0 Å². The first-order valence-electron chi connectivity index (χ1n) is 0. The van der Waals surface area contributed by atoms with E-state index in [1.54, 1.807) is 0 Å². The van der Waals surface area contributed by atoms with E-state index in [1.807, 2.05) is 0 Å². The van der Waals surface area contributed by atoms with Gasteiger partial charge in [-0.1, -0.05) is 0 Å². The molecule has 0 rings (SSSR count). The third kappa shape index (κ3) is 8.84. The van der Waals surface area contributed by atoms with Crippen LogP contribution in [0.3, 0.4) is 0 Å². The molecule has 0 aromatic rings. The van der Waals surface area contributed by atoms with Crippen LogP contribution in [0.15, 0.2) is 0 Å². The molecule has 1 nitrogen and oxygen atoms in total. The summed E-state index contributed by atoms with van der Waals surface area (Å²) in [5, 5.41) is 0. The first-order chi connectivity index (χ1) is 0. The maximum Gasteiger partial charge on any atom is 0 e. The van der Waals surface area contributed by atoms with Gasteiger partial charge in [0.1, 0.15) is 0 Å². The zero-order valence-electron chi connectivity index (χ0n) is 1.78. The van der Waals surface area contributed by atoms with Gasteiger partial charge in [0.05, 0.1) is 0 Å². The van der Waals surface area contributed by atoms with E-state index in [0.29, 0.717) is 0 Å². The Morgan fingerprint density at radius 3 is 1.00 bits per heavy atom. The van der Waals surface area contributed by atoms with Crippen molar-refractivity contribution in [2.24, 2.45) is 0 Å². The monoisotopic (exact) mass is 341 g/mol. The first-order valence-corrected chi connectivity index (χ1v) is 0. The minimum absolute atomic E-state index is 0. The second-order valence-corrected chi connectivity index (χ2v) is 0. The Morgan fingerprint density at radius 2 is 1.00 bits per heavy atom. The summed E-state index contributed by atoms with van der Waals surface area (Å²) < 4.78 is 0. The fraction of sp³-hybridized carbons (Fsp3) is 0. The maximum atomic E-state index is 0. The van der Waals surface area contributed by atoms with Crippen LogP contribution in [0.2, 0.25) is 0 Å². The molecule has 4 heavy (non-hydrogen) atoms. The molecule has 0 aromatic heterocycles. The molecule has 4 heteroatoms. The van der Waals surface area contributed by atoms with Crippen LogP contribution in [0.4, 0.5) is 0 Å². The molecule has 0 fully saturated rings. The van der Waals surface area contributed by atoms with Gasteiger partial charge in [0.15, 0.2) is 0 Å². The van der Waals surface area contributed by atoms with Crippen molar-refractivity contribution in [1.82, 2.24) is 0 Å². The van der Waals surface area contributed by atoms with Crippen LogP contribution in [0.5, 0.6) is 0 Å². The predicted molar refractivity (Wildman–Crippen MR) is 13.6 cm³/mol. The van der Waals surface area contributed by atoms with Gasteiger partial charge in [-0.05, 0) is 0 Å². The van der Waals surface area contributed by atoms with Crippen LogP contribution < -0.4 is 0 Å². The van der Waals surface area contributed by atoms with E-state index in [1.165, 1.54) is 0 Å². The second-order valence-electron chi connectivity index (χ2n) is 0. The van der Waals surface area contributed by atoms with Crippen molar-refractivity contribution in [2.75, 3.05) is 0 Å². The Hall–Kier alpha value is 2.82. The number of hydrogen-bond donors (Lipinski definition) is 0. The second kappa shape index (κ2) is 17.0. The third-order valence-electron chi connectivity index (χ3n) is 0. The van der Waals surface area contributed by atoms with Crippen LogP contribution in [-0.2, 0) is 19.5 Å². The van der Waals surface area contributed by atoms with E-state index in [4.69, 9.17) is 0 Å². The van der Waals surface area contributed by atoms with Crippen LogP contribution in [0.25, 0.3) is 0 Å². The molecule has 2 N–H and O–H groups in total. The topological polar surface area (TPSA) is 31.5 Å². The van der Waals surface area contributed by atoms with E-state index < -0.39 is 0 Å². The van der Waals surface area contributed by atoms with Gasteiger partial charge in [-0.15, -0.1) is 0 Å². The molecule has 19 valence electrons. The molecule has 0 bridgehead atoms. The summed E-state index contributed by atoms with van der Waals surface area (Å²) >= 11 is 0. The zero-order valence-corrected chi connectivity index (χ0v) is 8.46. The van der Waals surface area contributed by atoms with Crippen molar-refractivity contribution in [3.05, 3.63) is 0 Å². The van der Waals surface area contributed by atoms with Crippen LogP contribution in [-0.4, -0.2) is 31.3 Å². The molecule has 0 aliphatic carbocycles. The predicted octanol–water partition coefficient (Wildman–Crippen LogP) is -2.01. The summed E-state index contributed by atoms with van der Waals surface area (Å²) in [5.41, 5.74) is 0. The quantitative estimate of drug-likeness (QED) is 0.456. The molecule has 0 aromatic carbocycles. The van der Waals surface area contributed by atoms with Crippen molar-refractivity contribution in [3.63, 3.8) is 0 Å². The Labute approximate surface area is 90.1 Å². The maximum absolute atomic E-state index is 0. The van der Waals surface area contributed by atoms with Crippen molar-refractivity contribution < 1.29 is 66.2 Å². The molecule has 0 aliphatic rings. The summed E-state index contributed by atoms with van der Waals surface area (Å²) in [6.45, 7) is 0. The number of hydrogen-bond acceptors (Lipinski definition) is 0. The minimum Gasteiger partial charge on any atom is 0 e. The van der Waals surface area contributed by atoms with E-state index in [-0.39, 0.29) is 92.1 Å². The Kier molecular flexibility index (Phi) is 124. The molecule has 0 amide bonds. The van der Waals surface area contributed by atoms with Gasteiger partial charge in [0.2, 0.25) is 0 Å². The van der Waals surface area contributed by atoms with Crippen LogP contribution in [0, 0.1) is 41.3 Å². The Balaban J connectivity index is 0. The molecule has 0 aliphatic heterocycles. The van der Waals surface area contributed by atoms with Gasteiger partial charge in [0.25, 0.3) is 0 Å². The SMILES string of the molecule is O.[InH3].[Pr].[Zn]. The van der Waals surface area contributed by atoms with Crippen molar-refractivity contribution in [3.8, 4) is 0 Å². The van der Waals surface area contributed by atoms with Gasteiger partial charge < -0.3 is 5.48 Å². The molecule has 0 unspecified atom stereocenters. The van der Waals surface area contributed by atoms with Gasteiger partial charge in [-0.3, -0.25) is 0 Å². The zero-order chi connectivity index (χ0) is 0. The fourth-order valence-electron chi connectivity index (χ4n) is 0. The normalized spacial score (nSPS) is 0. The smallest absolute Gasteiger partial charge is 0 e. The summed E-state index contributed by atoms with van der Waals surface area (Å²) in [6, 6.07) is 0. The number of rotatable bonds is 0. The molecule has 0 heterocycles. The molecule has 0 atom stereocenters. The van der Waals surface area contributed by atoms with Crippen LogP contribution in [0.1, 0.15) is 0 Å². The average molecular weight is 342 g/mol. The molecular weight excluding hydrogens is 337 g/mol. The molecule has 0 saturated carbocycles. The van der Waals surface area contributed by atoms with Gasteiger partial charge >= 0.3 is 25.8 Å². The van der Waals surface area contributed by atoms with E-state index in [0.717, 1.165) is 0 Å². The minimum atomic E-state index is 0. The van der Waals surface area contributed by atoms with E-state index in [2.05, 4.69) is 0 Å². The third-order valence-corrected chi connectivity index (χ3v) is 0. The summed E-state index contributed by atoms with van der Waals surface area (Å²) in [4.78, 5) is 0. The standard InChI is InChI=1S/In.H2O.Pr.Zn.3H/h;1H2;;;;;. The average Bonchev–Trinajstić information content (AvgIpc) is 0. The Morgan fingerprint density at radius 1 is 1.00 bits per heavy atom. The van der Waals surface area contributed by atoms with Gasteiger partial charge in [-0.25, -0.2) is 0 Å². The van der Waals surface area contributed by atoms with Crippen molar-refractivity contribution >= 4 is 25.8 Å². The molecule has 0 saturated heterocycles. The van der Waals surface area contributed by atoms with Gasteiger partial charge in [0, 0.05) is 60.8 Å². The summed E-state index contributed by atoms with van der Waals surface area (Å²) in [5.74, 6) is 0. The molecular formula is H5InOPrZn. The Bertz CT molecular complexity index is 8.00. The fourth-order valence-corrected chi connectivity index (χ4v) is 0. The first kappa shape index (κ1) is 29.1. The molecule has 1 radical (unpaired) electrons. The molecule has 0 spiro atoms. The van der Waals surface area contributed by atoms with Gasteiger partial charge in [-0.2, -0.15) is 0 Å². The summed E-state index contributed by atoms with van der Waals surface area (Å²) in [7, 11) is 0.